The molecule has 3 aromatic carbocycles. The summed E-state index contributed by atoms with van der Waals surface area (Å²) in [6.45, 7) is 0. The van der Waals surface area contributed by atoms with Crippen molar-refractivity contribution in [1.82, 2.24) is 10.2 Å². The first kappa shape index (κ1) is 18.8. The fraction of sp³-hybridized carbons (Fsp3) is 0.0435. The van der Waals surface area contributed by atoms with Crippen LogP contribution in [0.5, 0.6) is 0 Å². The highest BCUT2D eigenvalue weighted by atomic mass is 32.2. The molecule has 0 fully saturated rings. The number of hydrogen-bond donors (Lipinski definition) is 0. The second-order valence-corrected chi connectivity index (χ2v) is 7.41. The van der Waals surface area contributed by atoms with Gasteiger partial charge in [0.25, 0.3) is 5.69 Å². The molecule has 0 unspecified atom stereocenters. The Kier molecular flexibility index (Phi) is 5.63. The highest BCUT2D eigenvalue weighted by Crippen LogP contribution is 2.26. The Morgan fingerprint density at radius 1 is 0.724 bits per heavy atom. The van der Waals surface area contributed by atoms with Crippen LogP contribution in [0.3, 0.4) is 0 Å². The summed E-state index contributed by atoms with van der Waals surface area (Å²) >= 11 is 1.55. The van der Waals surface area contributed by atoms with E-state index in [1.54, 1.807) is 23.9 Å². The van der Waals surface area contributed by atoms with Crippen LogP contribution in [0, 0.1) is 10.1 Å². The second kappa shape index (κ2) is 8.67. The first-order valence-corrected chi connectivity index (χ1v) is 10.0. The molecule has 1 heterocycles. The number of benzene rings is 3. The molecule has 4 aromatic rings. The molecule has 0 spiro atoms. The minimum Gasteiger partial charge on any atom is -0.258 e. The van der Waals surface area contributed by atoms with Gasteiger partial charge in [-0.05, 0) is 28.8 Å². The Hall–Kier alpha value is -3.51. The standard InChI is InChI=1S/C23H17N3O2S/c27-26(28)21-12-6-17(7-13-21)16-29-23-15-14-22(24-25-23)20-10-8-19(9-11-20)18-4-2-1-3-5-18/h1-15H,16H2. The van der Waals surface area contributed by atoms with Crippen molar-refractivity contribution in [2.75, 3.05) is 0 Å². The van der Waals surface area contributed by atoms with Gasteiger partial charge in [-0.3, -0.25) is 10.1 Å². The number of hydrogen-bond acceptors (Lipinski definition) is 5. The van der Waals surface area contributed by atoms with E-state index < -0.39 is 4.92 Å². The van der Waals surface area contributed by atoms with Crippen LogP contribution >= 0.6 is 11.8 Å². The summed E-state index contributed by atoms with van der Waals surface area (Å²) in [7, 11) is 0. The minimum atomic E-state index is -0.395. The molecule has 0 aliphatic heterocycles. The lowest BCUT2D eigenvalue weighted by molar-refractivity contribution is -0.384. The quantitative estimate of drug-likeness (QED) is 0.226. The van der Waals surface area contributed by atoms with Crippen molar-refractivity contribution < 1.29 is 4.92 Å². The summed E-state index contributed by atoms with van der Waals surface area (Å²) in [4.78, 5) is 10.3. The van der Waals surface area contributed by atoms with Crippen molar-refractivity contribution in [3.05, 3.63) is 107 Å². The Bertz CT molecular complexity index is 1100. The van der Waals surface area contributed by atoms with E-state index in [0.29, 0.717) is 5.75 Å². The van der Waals surface area contributed by atoms with Crippen LogP contribution in [0.1, 0.15) is 5.56 Å². The number of non-ortho nitro benzene ring substituents is 1. The molecule has 4 rings (SSSR count). The van der Waals surface area contributed by atoms with E-state index in [9.17, 15) is 10.1 Å². The molecule has 0 saturated heterocycles. The number of thioether (sulfide) groups is 1. The topological polar surface area (TPSA) is 68.9 Å². The maximum atomic E-state index is 10.7. The van der Waals surface area contributed by atoms with Gasteiger partial charge >= 0.3 is 0 Å². The zero-order valence-corrected chi connectivity index (χ0v) is 16.3. The van der Waals surface area contributed by atoms with E-state index in [1.165, 1.54) is 17.7 Å². The SMILES string of the molecule is O=[N+]([O-])c1ccc(CSc2ccc(-c3ccc(-c4ccccc4)cc3)nn2)cc1. The summed E-state index contributed by atoms with van der Waals surface area (Å²) in [5.74, 6) is 0.678. The Balaban J connectivity index is 1.40. The molecular weight excluding hydrogens is 382 g/mol. The number of nitrogens with zero attached hydrogens (tertiary/aromatic N) is 3. The number of aromatic nitrogens is 2. The average Bonchev–Trinajstić information content (AvgIpc) is 2.79. The predicted octanol–water partition coefficient (Wildman–Crippen LogP) is 6.01. The van der Waals surface area contributed by atoms with Gasteiger partial charge in [-0.1, -0.05) is 78.5 Å². The fourth-order valence-corrected chi connectivity index (χ4v) is 3.66. The van der Waals surface area contributed by atoms with Crippen LogP contribution in [0.2, 0.25) is 0 Å². The van der Waals surface area contributed by atoms with Gasteiger partial charge in [-0.2, -0.15) is 0 Å². The first-order valence-electron chi connectivity index (χ1n) is 9.05. The summed E-state index contributed by atoms with van der Waals surface area (Å²) in [5, 5.41) is 20.2. The van der Waals surface area contributed by atoms with E-state index in [1.807, 2.05) is 30.3 Å². The lowest BCUT2D eigenvalue weighted by atomic mass is 10.0. The van der Waals surface area contributed by atoms with Crippen molar-refractivity contribution in [1.29, 1.82) is 0 Å². The molecule has 0 saturated carbocycles. The number of nitro benzene ring substituents is 1. The van der Waals surface area contributed by atoms with Crippen LogP contribution in [0.15, 0.2) is 96.0 Å². The van der Waals surface area contributed by atoms with Gasteiger partial charge in [0, 0.05) is 23.4 Å². The third kappa shape index (κ3) is 4.67. The van der Waals surface area contributed by atoms with Crippen molar-refractivity contribution in [3.63, 3.8) is 0 Å². The van der Waals surface area contributed by atoms with Crippen LogP contribution in [0.25, 0.3) is 22.4 Å². The molecule has 6 heteroatoms. The Labute approximate surface area is 172 Å². The van der Waals surface area contributed by atoms with E-state index >= 15 is 0 Å². The van der Waals surface area contributed by atoms with E-state index in [2.05, 4.69) is 46.6 Å². The third-order valence-corrected chi connectivity index (χ3v) is 5.45. The van der Waals surface area contributed by atoms with Crippen molar-refractivity contribution in [2.24, 2.45) is 0 Å². The minimum absolute atomic E-state index is 0.0983. The Morgan fingerprint density at radius 3 is 2.00 bits per heavy atom. The molecule has 29 heavy (non-hydrogen) atoms. The molecule has 0 amide bonds. The molecule has 0 atom stereocenters. The highest BCUT2D eigenvalue weighted by molar-refractivity contribution is 7.98. The van der Waals surface area contributed by atoms with Crippen LogP contribution in [-0.4, -0.2) is 15.1 Å². The fourth-order valence-electron chi connectivity index (χ4n) is 2.89. The molecular formula is C23H17N3O2S. The number of rotatable bonds is 6. The normalized spacial score (nSPS) is 10.6. The molecule has 1 aromatic heterocycles. The molecule has 142 valence electrons. The van der Waals surface area contributed by atoms with E-state index in [4.69, 9.17) is 0 Å². The summed E-state index contributed by atoms with van der Waals surface area (Å²) < 4.78 is 0. The number of nitro groups is 1. The molecule has 0 radical (unpaired) electrons. The average molecular weight is 399 g/mol. The molecule has 5 nitrogen and oxygen atoms in total. The van der Waals surface area contributed by atoms with Crippen LogP contribution in [0.4, 0.5) is 5.69 Å². The third-order valence-electron chi connectivity index (χ3n) is 4.46. The van der Waals surface area contributed by atoms with Gasteiger partial charge in [0.15, 0.2) is 0 Å². The lowest BCUT2D eigenvalue weighted by Crippen LogP contribution is -1.91. The molecule has 0 aliphatic rings. The predicted molar refractivity (Wildman–Crippen MR) is 116 cm³/mol. The smallest absolute Gasteiger partial charge is 0.258 e. The van der Waals surface area contributed by atoms with Gasteiger partial charge in [0.2, 0.25) is 0 Å². The summed E-state index contributed by atoms with van der Waals surface area (Å²) in [6, 6.07) is 29.0. The maximum absolute atomic E-state index is 10.7. The highest BCUT2D eigenvalue weighted by Gasteiger charge is 2.06. The Morgan fingerprint density at radius 2 is 1.38 bits per heavy atom. The van der Waals surface area contributed by atoms with Gasteiger partial charge in [0.1, 0.15) is 5.03 Å². The van der Waals surface area contributed by atoms with Gasteiger partial charge in [-0.15, -0.1) is 10.2 Å². The molecule has 0 N–H and O–H groups in total. The van der Waals surface area contributed by atoms with Gasteiger partial charge in [-0.25, -0.2) is 0 Å². The van der Waals surface area contributed by atoms with Crippen molar-refractivity contribution >= 4 is 17.4 Å². The van der Waals surface area contributed by atoms with E-state index in [-0.39, 0.29) is 5.69 Å². The molecule has 0 aliphatic carbocycles. The second-order valence-electron chi connectivity index (χ2n) is 6.41. The monoisotopic (exact) mass is 399 g/mol. The van der Waals surface area contributed by atoms with Gasteiger partial charge < -0.3 is 0 Å². The lowest BCUT2D eigenvalue weighted by Gasteiger charge is -2.05. The maximum Gasteiger partial charge on any atom is 0.269 e. The largest absolute Gasteiger partial charge is 0.269 e. The van der Waals surface area contributed by atoms with Crippen molar-refractivity contribution in [2.45, 2.75) is 10.8 Å². The zero-order chi connectivity index (χ0) is 20.1. The first-order chi connectivity index (χ1) is 14.2. The van der Waals surface area contributed by atoms with Crippen LogP contribution < -0.4 is 0 Å². The molecule has 0 bridgehead atoms. The van der Waals surface area contributed by atoms with Gasteiger partial charge in [0.05, 0.1) is 10.6 Å². The van der Waals surface area contributed by atoms with E-state index in [0.717, 1.165) is 27.4 Å². The zero-order valence-electron chi connectivity index (χ0n) is 15.4. The van der Waals surface area contributed by atoms with Crippen molar-refractivity contribution in [3.8, 4) is 22.4 Å². The van der Waals surface area contributed by atoms with Crippen LogP contribution in [-0.2, 0) is 5.75 Å². The summed E-state index contributed by atoms with van der Waals surface area (Å²) in [6.07, 6.45) is 0. The summed E-state index contributed by atoms with van der Waals surface area (Å²) in [5.41, 5.74) is 5.29.